The number of hydrazone groups is 1. The van der Waals surface area contributed by atoms with Crippen molar-refractivity contribution in [1.82, 2.24) is 9.99 Å². The summed E-state index contributed by atoms with van der Waals surface area (Å²) in [6, 6.07) is 20.0. The second kappa shape index (κ2) is 7.71. The first-order valence-corrected chi connectivity index (χ1v) is 10.1. The summed E-state index contributed by atoms with van der Waals surface area (Å²) in [7, 11) is 1.66. The largest absolute Gasteiger partial charge is 0.494 e. The highest BCUT2D eigenvalue weighted by Crippen LogP contribution is 2.50. The maximum absolute atomic E-state index is 6.40. The molecule has 0 fully saturated rings. The van der Waals surface area contributed by atoms with Gasteiger partial charge in [-0.3, -0.25) is 4.98 Å². The van der Waals surface area contributed by atoms with Gasteiger partial charge in [0.25, 0.3) is 0 Å². The normalized spacial score (nSPS) is 19.4. The van der Waals surface area contributed by atoms with E-state index in [9.17, 15) is 0 Å². The van der Waals surface area contributed by atoms with Gasteiger partial charge in [0.2, 0.25) is 6.23 Å². The maximum Gasteiger partial charge on any atom is 0.230 e. The van der Waals surface area contributed by atoms with Gasteiger partial charge in [0, 0.05) is 18.2 Å². The molecule has 0 amide bonds. The molecule has 2 aliphatic heterocycles. The molecule has 3 heterocycles. The highest BCUT2D eigenvalue weighted by Gasteiger charge is 2.42. The molecule has 0 radical (unpaired) electrons. The fourth-order valence-corrected chi connectivity index (χ4v) is 4.05. The number of fused-ring (bicyclic) bond motifs is 3. The second-order valence-corrected chi connectivity index (χ2v) is 7.21. The first-order valence-electron chi connectivity index (χ1n) is 10.1. The fraction of sp³-hybridized carbons (Fsp3) is 0.250. The van der Waals surface area contributed by atoms with E-state index in [-0.39, 0.29) is 6.04 Å². The summed E-state index contributed by atoms with van der Waals surface area (Å²) in [5.41, 5.74) is 3.99. The van der Waals surface area contributed by atoms with Crippen molar-refractivity contribution in [3.8, 4) is 17.2 Å². The lowest BCUT2D eigenvalue weighted by molar-refractivity contribution is -0.0236. The maximum atomic E-state index is 6.40. The number of rotatable bonds is 5. The van der Waals surface area contributed by atoms with Crippen LogP contribution in [0.15, 0.2) is 72.0 Å². The Balaban J connectivity index is 1.55. The van der Waals surface area contributed by atoms with E-state index in [1.807, 2.05) is 54.4 Å². The zero-order valence-electron chi connectivity index (χ0n) is 17.0. The number of hydrogen-bond donors (Lipinski definition) is 0. The van der Waals surface area contributed by atoms with E-state index >= 15 is 0 Å². The van der Waals surface area contributed by atoms with Crippen LogP contribution >= 0.6 is 0 Å². The molecule has 0 aliphatic carbocycles. The highest BCUT2D eigenvalue weighted by atomic mass is 16.5. The van der Waals surface area contributed by atoms with Crippen LogP contribution in [0.3, 0.4) is 0 Å². The molecule has 2 atom stereocenters. The number of methoxy groups -OCH3 is 1. The molecule has 6 nitrogen and oxygen atoms in total. The molecule has 5 rings (SSSR count). The van der Waals surface area contributed by atoms with Gasteiger partial charge < -0.3 is 14.2 Å². The van der Waals surface area contributed by atoms with Gasteiger partial charge in [-0.25, -0.2) is 5.01 Å². The van der Waals surface area contributed by atoms with Crippen LogP contribution in [0, 0.1) is 0 Å². The minimum Gasteiger partial charge on any atom is -0.494 e. The van der Waals surface area contributed by atoms with Gasteiger partial charge >= 0.3 is 0 Å². The summed E-state index contributed by atoms with van der Waals surface area (Å²) in [6.07, 6.45) is 2.14. The van der Waals surface area contributed by atoms with Crippen molar-refractivity contribution in [2.24, 2.45) is 5.10 Å². The summed E-state index contributed by atoms with van der Waals surface area (Å²) >= 11 is 0. The molecular formula is C24H23N3O3. The van der Waals surface area contributed by atoms with E-state index in [1.54, 1.807) is 13.3 Å². The Kier molecular flexibility index (Phi) is 4.75. The average Bonchev–Trinajstić information content (AvgIpc) is 3.25. The topological polar surface area (TPSA) is 56.2 Å². The first kappa shape index (κ1) is 18.5. The summed E-state index contributed by atoms with van der Waals surface area (Å²) in [5, 5.41) is 7.00. The number of para-hydroxylation sites is 1. The van der Waals surface area contributed by atoms with Crippen molar-refractivity contribution in [3.05, 3.63) is 83.7 Å². The SMILES string of the molecule is CCOc1ccc(C2=NN3[C@H](C2)c2cccc(OC)c2O[C@@H]3c2ccccn2)cc1. The number of ether oxygens (including phenoxy) is 3. The van der Waals surface area contributed by atoms with Gasteiger partial charge in [-0.05, 0) is 55.0 Å². The molecule has 2 aliphatic rings. The van der Waals surface area contributed by atoms with E-state index in [0.29, 0.717) is 6.61 Å². The van der Waals surface area contributed by atoms with Gasteiger partial charge in [-0.1, -0.05) is 18.2 Å². The van der Waals surface area contributed by atoms with E-state index in [0.717, 1.165) is 46.2 Å². The highest BCUT2D eigenvalue weighted by molar-refractivity contribution is 6.02. The molecule has 1 aromatic heterocycles. The number of aromatic nitrogens is 1. The molecule has 0 N–H and O–H groups in total. The van der Waals surface area contributed by atoms with Gasteiger partial charge in [0.1, 0.15) is 11.4 Å². The third-order valence-corrected chi connectivity index (χ3v) is 5.44. The monoisotopic (exact) mass is 401 g/mol. The number of nitrogens with zero attached hydrogens (tertiary/aromatic N) is 3. The molecule has 30 heavy (non-hydrogen) atoms. The molecule has 0 bridgehead atoms. The Labute approximate surface area is 175 Å². The Morgan fingerprint density at radius 1 is 1.07 bits per heavy atom. The van der Waals surface area contributed by atoms with E-state index in [2.05, 4.69) is 23.2 Å². The Morgan fingerprint density at radius 3 is 2.67 bits per heavy atom. The fourth-order valence-electron chi connectivity index (χ4n) is 4.05. The minimum absolute atomic E-state index is 0.0532. The molecule has 6 heteroatoms. The Bertz CT molecular complexity index is 1070. The van der Waals surface area contributed by atoms with Crippen molar-refractivity contribution in [2.75, 3.05) is 13.7 Å². The summed E-state index contributed by atoms with van der Waals surface area (Å²) in [4.78, 5) is 4.53. The summed E-state index contributed by atoms with van der Waals surface area (Å²) < 4.78 is 17.6. The van der Waals surface area contributed by atoms with E-state index < -0.39 is 6.23 Å². The molecule has 152 valence electrons. The summed E-state index contributed by atoms with van der Waals surface area (Å²) in [5.74, 6) is 2.35. The van der Waals surface area contributed by atoms with Crippen molar-refractivity contribution >= 4 is 5.71 Å². The average molecular weight is 401 g/mol. The zero-order valence-corrected chi connectivity index (χ0v) is 17.0. The number of benzene rings is 2. The van der Waals surface area contributed by atoms with Crippen molar-refractivity contribution in [1.29, 1.82) is 0 Å². The van der Waals surface area contributed by atoms with Crippen LogP contribution in [0.2, 0.25) is 0 Å². The third-order valence-electron chi connectivity index (χ3n) is 5.44. The Hall–Kier alpha value is -3.54. The zero-order chi connectivity index (χ0) is 20.5. The van der Waals surface area contributed by atoms with Crippen LogP contribution in [0.1, 0.15) is 42.4 Å². The molecule has 0 saturated carbocycles. The van der Waals surface area contributed by atoms with Crippen LogP contribution < -0.4 is 14.2 Å². The van der Waals surface area contributed by atoms with Gasteiger partial charge in [0.15, 0.2) is 11.5 Å². The molecule has 0 spiro atoms. The van der Waals surface area contributed by atoms with Crippen molar-refractivity contribution < 1.29 is 14.2 Å². The van der Waals surface area contributed by atoms with Crippen LogP contribution in [0.5, 0.6) is 17.2 Å². The first-order chi connectivity index (χ1) is 14.8. The van der Waals surface area contributed by atoms with Crippen LogP contribution in [-0.4, -0.2) is 29.4 Å². The van der Waals surface area contributed by atoms with Gasteiger partial charge in [-0.2, -0.15) is 5.10 Å². The minimum atomic E-state index is -0.416. The second-order valence-electron chi connectivity index (χ2n) is 7.21. The molecular weight excluding hydrogens is 378 g/mol. The van der Waals surface area contributed by atoms with Crippen molar-refractivity contribution in [2.45, 2.75) is 25.6 Å². The lowest BCUT2D eigenvalue weighted by Crippen LogP contribution is -2.34. The van der Waals surface area contributed by atoms with Crippen LogP contribution in [0.4, 0.5) is 0 Å². The van der Waals surface area contributed by atoms with Crippen molar-refractivity contribution in [3.63, 3.8) is 0 Å². The van der Waals surface area contributed by atoms with Gasteiger partial charge in [0.05, 0.1) is 25.5 Å². The smallest absolute Gasteiger partial charge is 0.230 e. The predicted molar refractivity (Wildman–Crippen MR) is 114 cm³/mol. The summed E-state index contributed by atoms with van der Waals surface area (Å²) in [6.45, 7) is 2.63. The van der Waals surface area contributed by atoms with E-state index in [1.165, 1.54) is 0 Å². The van der Waals surface area contributed by atoms with Crippen LogP contribution in [0.25, 0.3) is 0 Å². The quantitative estimate of drug-likeness (QED) is 0.619. The van der Waals surface area contributed by atoms with Gasteiger partial charge in [-0.15, -0.1) is 0 Å². The van der Waals surface area contributed by atoms with E-state index in [4.69, 9.17) is 19.3 Å². The lowest BCUT2D eigenvalue weighted by atomic mass is 9.96. The number of pyridine rings is 1. The third kappa shape index (κ3) is 3.14. The molecule has 0 unspecified atom stereocenters. The Morgan fingerprint density at radius 2 is 1.93 bits per heavy atom. The predicted octanol–water partition coefficient (Wildman–Crippen LogP) is 4.73. The number of hydrogen-bond acceptors (Lipinski definition) is 6. The lowest BCUT2D eigenvalue weighted by Gasteiger charge is -2.38. The standard InChI is InChI=1S/C24H23N3O3/c1-3-29-17-12-10-16(11-13-17)20-15-21-18-7-6-9-22(28-2)23(18)30-24(27(21)26-20)19-8-4-5-14-25-19/h4-14,21,24H,3,15H2,1-2H3/t21-,24-/m1/s1. The molecule has 3 aromatic rings. The molecule has 2 aromatic carbocycles. The van der Waals surface area contributed by atoms with Crippen LogP contribution in [-0.2, 0) is 0 Å². The molecule has 0 saturated heterocycles.